The van der Waals surface area contributed by atoms with Crippen LogP contribution in [0.2, 0.25) is 0 Å². The Morgan fingerprint density at radius 3 is 2.27 bits per heavy atom. The molecule has 0 N–H and O–H groups in total. The fourth-order valence-corrected chi connectivity index (χ4v) is 5.45. The van der Waals surface area contributed by atoms with Crippen molar-refractivity contribution in [3.05, 3.63) is 30.3 Å². The van der Waals surface area contributed by atoms with Crippen molar-refractivity contribution in [2.75, 3.05) is 6.61 Å². The number of nitrogens with zero attached hydrogens (tertiary/aromatic N) is 3. The summed E-state index contributed by atoms with van der Waals surface area (Å²) in [5.41, 5.74) is 0. The summed E-state index contributed by atoms with van der Waals surface area (Å²) >= 11 is 0. The molecule has 4 unspecified atom stereocenters. The average Bonchev–Trinajstić information content (AvgIpc) is 2.81. The molecule has 0 amide bonds. The fraction of sp³-hybridized carbons (Fsp3) is 1.00. The lowest BCUT2D eigenvalue weighted by Gasteiger charge is -2.19. The van der Waals surface area contributed by atoms with E-state index in [0.29, 0.717) is 12.8 Å². The molecule has 1 aliphatic rings. The van der Waals surface area contributed by atoms with Crippen LogP contribution >= 0.6 is 21.6 Å². The highest BCUT2D eigenvalue weighted by Crippen LogP contribution is 2.47. The molecule has 4 atom stereocenters. The first kappa shape index (κ1) is 18.3. The molecule has 14 heteroatoms. The molecule has 126 valence electrons. The van der Waals surface area contributed by atoms with Crippen molar-refractivity contribution in [2.24, 2.45) is 0 Å². The van der Waals surface area contributed by atoms with Gasteiger partial charge in [-0.3, -0.25) is 0 Å². The van der Waals surface area contributed by atoms with Crippen molar-refractivity contribution in [1.82, 2.24) is 0 Å². The molecule has 0 spiro atoms. The van der Waals surface area contributed by atoms with Gasteiger partial charge in [0.2, 0.25) is 0 Å². The lowest BCUT2D eigenvalue weighted by Crippen LogP contribution is -2.34. The normalized spacial score (nSPS) is 23.3. The number of hydrogen-bond donors (Lipinski definition) is 0. The zero-order chi connectivity index (χ0) is 16.7. The predicted molar refractivity (Wildman–Crippen MR) is 74.3 cm³/mol. The van der Waals surface area contributed by atoms with Gasteiger partial charge in [0.25, 0.3) is 15.3 Å². The van der Waals surface area contributed by atoms with E-state index in [-0.39, 0.29) is 5.25 Å². The predicted octanol–water partition coefficient (Wildman–Crippen LogP) is 1.28. The first-order chi connectivity index (χ1) is 10.3. The summed E-state index contributed by atoms with van der Waals surface area (Å²) in [5, 5.41) is 27.5. The van der Waals surface area contributed by atoms with E-state index in [0.717, 1.165) is 0 Å². The third-order valence-corrected chi connectivity index (χ3v) is 6.05. The molecular formula is C8H13N3O9S2. The summed E-state index contributed by atoms with van der Waals surface area (Å²) < 4.78 is 0. The van der Waals surface area contributed by atoms with Crippen molar-refractivity contribution >= 4 is 21.6 Å². The molecule has 12 nitrogen and oxygen atoms in total. The van der Waals surface area contributed by atoms with Crippen molar-refractivity contribution in [2.45, 2.75) is 42.5 Å². The second-order valence-corrected chi connectivity index (χ2v) is 7.16. The zero-order valence-electron chi connectivity index (χ0n) is 11.3. The van der Waals surface area contributed by atoms with E-state index in [1.54, 1.807) is 6.92 Å². The van der Waals surface area contributed by atoms with Gasteiger partial charge in [-0.15, -0.1) is 30.3 Å². The van der Waals surface area contributed by atoms with E-state index in [1.807, 2.05) is 0 Å². The third-order valence-electron chi connectivity index (χ3n) is 2.65. The summed E-state index contributed by atoms with van der Waals surface area (Å²) in [7, 11) is 2.65. The van der Waals surface area contributed by atoms with Crippen LogP contribution in [0.25, 0.3) is 0 Å². The van der Waals surface area contributed by atoms with Gasteiger partial charge < -0.3 is 14.5 Å². The van der Waals surface area contributed by atoms with Crippen molar-refractivity contribution < 1.29 is 29.8 Å². The van der Waals surface area contributed by atoms with Crippen LogP contribution in [-0.4, -0.2) is 44.6 Å². The minimum Gasteiger partial charge on any atom is -0.312 e. The van der Waals surface area contributed by atoms with Crippen molar-refractivity contribution in [1.29, 1.82) is 0 Å². The van der Waals surface area contributed by atoms with Crippen LogP contribution in [0, 0.1) is 30.3 Å². The monoisotopic (exact) mass is 359 g/mol. The van der Waals surface area contributed by atoms with Gasteiger partial charge in [0, 0.05) is 10.5 Å². The minimum absolute atomic E-state index is 0.0431. The Hall–Kier alpha value is -1.70. The summed E-state index contributed by atoms with van der Waals surface area (Å²) in [5.74, 6) is 0. The molecule has 0 aliphatic carbocycles. The van der Waals surface area contributed by atoms with Crippen LogP contribution in [0.15, 0.2) is 0 Å². The summed E-state index contributed by atoms with van der Waals surface area (Å²) in [4.78, 5) is 43.8. The van der Waals surface area contributed by atoms with E-state index in [4.69, 9.17) is 0 Å². The van der Waals surface area contributed by atoms with E-state index >= 15 is 0 Å². The molecule has 22 heavy (non-hydrogen) atoms. The second-order valence-electron chi connectivity index (χ2n) is 4.35. The summed E-state index contributed by atoms with van der Waals surface area (Å²) in [6.45, 7) is 0.988. The second kappa shape index (κ2) is 8.67. The van der Waals surface area contributed by atoms with Gasteiger partial charge >= 0.3 is 0 Å². The standard InChI is InChI=1S/C8H13N3O9S2/c1-5(19-10(14)15)2-6-3-8(22-21-6)7(20-11(16)17)4-18-9(12)13/h5-8H,2-4H2,1H3. The highest BCUT2D eigenvalue weighted by atomic mass is 33.1. The van der Waals surface area contributed by atoms with Gasteiger partial charge in [-0.1, -0.05) is 21.6 Å². The van der Waals surface area contributed by atoms with Gasteiger partial charge in [-0.2, -0.15) is 0 Å². The maximum atomic E-state index is 10.4. The molecule has 1 rings (SSSR count). The van der Waals surface area contributed by atoms with Crippen LogP contribution in [0.1, 0.15) is 19.8 Å². The number of hydrogen-bond acceptors (Lipinski definition) is 11. The smallest absolute Gasteiger partial charge is 0.294 e. The number of rotatable bonds is 10. The molecule has 1 heterocycles. The molecule has 1 saturated heterocycles. The molecule has 1 fully saturated rings. The largest absolute Gasteiger partial charge is 0.312 e. The van der Waals surface area contributed by atoms with E-state index < -0.39 is 39.3 Å². The van der Waals surface area contributed by atoms with Crippen LogP contribution < -0.4 is 0 Å². The van der Waals surface area contributed by atoms with Crippen LogP contribution in [-0.2, 0) is 14.5 Å². The first-order valence-electron chi connectivity index (χ1n) is 5.99. The van der Waals surface area contributed by atoms with Crippen molar-refractivity contribution in [3.63, 3.8) is 0 Å². The van der Waals surface area contributed by atoms with Gasteiger partial charge in [0.1, 0.15) is 18.8 Å². The van der Waals surface area contributed by atoms with Crippen LogP contribution in [0.4, 0.5) is 0 Å². The molecule has 0 aromatic carbocycles. The summed E-state index contributed by atoms with van der Waals surface area (Å²) in [6, 6.07) is 0. The van der Waals surface area contributed by atoms with Crippen LogP contribution in [0.5, 0.6) is 0 Å². The van der Waals surface area contributed by atoms with E-state index in [9.17, 15) is 30.3 Å². The molecule has 0 radical (unpaired) electrons. The quantitative estimate of drug-likeness (QED) is 0.314. The highest BCUT2D eigenvalue weighted by Gasteiger charge is 2.36. The van der Waals surface area contributed by atoms with Gasteiger partial charge in [0.15, 0.2) is 0 Å². The van der Waals surface area contributed by atoms with E-state index in [1.165, 1.54) is 21.6 Å². The molecule has 0 saturated carbocycles. The zero-order valence-corrected chi connectivity index (χ0v) is 12.9. The Morgan fingerprint density at radius 1 is 1.09 bits per heavy atom. The maximum Gasteiger partial charge on any atom is 0.294 e. The Kier molecular flexibility index (Phi) is 7.23. The van der Waals surface area contributed by atoms with Gasteiger partial charge in [0.05, 0.1) is 0 Å². The minimum atomic E-state index is -1.09. The average molecular weight is 359 g/mol. The Balaban J connectivity index is 2.50. The maximum absolute atomic E-state index is 10.4. The highest BCUT2D eigenvalue weighted by molar-refractivity contribution is 8.77. The first-order valence-corrected chi connectivity index (χ1v) is 8.27. The SMILES string of the molecule is CC(CC1CC(C(CO[N+](=O)[O-])O[N+](=O)[O-])SS1)O[N+](=O)[O-]. The fourth-order valence-electron chi connectivity index (χ4n) is 1.85. The lowest BCUT2D eigenvalue weighted by atomic mass is 10.1. The van der Waals surface area contributed by atoms with Gasteiger partial charge in [-0.05, 0) is 19.8 Å². The van der Waals surface area contributed by atoms with Crippen LogP contribution in [0.3, 0.4) is 0 Å². The molecule has 0 aromatic rings. The van der Waals surface area contributed by atoms with Crippen molar-refractivity contribution in [3.8, 4) is 0 Å². The third kappa shape index (κ3) is 6.84. The molecule has 1 aliphatic heterocycles. The summed E-state index contributed by atoms with van der Waals surface area (Å²) in [6.07, 6.45) is -0.900. The Morgan fingerprint density at radius 2 is 1.73 bits per heavy atom. The Bertz CT molecular complexity index is 426. The van der Waals surface area contributed by atoms with E-state index in [2.05, 4.69) is 14.5 Å². The molecule has 0 bridgehead atoms. The molecule has 0 aromatic heterocycles. The topological polar surface area (TPSA) is 157 Å². The Labute approximate surface area is 131 Å². The van der Waals surface area contributed by atoms with Gasteiger partial charge in [-0.25, -0.2) is 0 Å². The lowest BCUT2D eigenvalue weighted by molar-refractivity contribution is -0.789. The molecular weight excluding hydrogens is 346 g/mol.